The zero-order valence-corrected chi connectivity index (χ0v) is 15.3. The molecule has 0 saturated heterocycles. The molecule has 10 heteroatoms. The summed E-state index contributed by atoms with van der Waals surface area (Å²) in [6, 6.07) is 11.1. The van der Waals surface area contributed by atoms with Gasteiger partial charge in [-0.25, -0.2) is 13.2 Å². The van der Waals surface area contributed by atoms with E-state index in [0.717, 1.165) is 10.8 Å². The Hall–Kier alpha value is -2.98. The normalized spacial score (nSPS) is 11.0. The largest absolute Gasteiger partial charge is 0.455 e. The van der Waals surface area contributed by atoms with E-state index in [-0.39, 0.29) is 4.90 Å². The van der Waals surface area contributed by atoms with E-state index < -0.39 is 41.1 Å². The zero-order valence-electron chi connectivity index (χ0n) is 14.5. The van der Waals surface area contributed by atoms with E-state index in [9.17, 15) is 22.8 Å². The molecule has 2 aromatic rings. The minimum Gasteiger partial charge on any atom is -0.455 e. The molecule has 0 fully saturated rings. The van der Waals surface area contributed by atoms with E-state index in [1.54, 1.807) is 25.1 Å². The third-order valence-corrected chi connectivity index (χ3v) is 4.79. The highest BCUT2D eigenvalue weighted by Gasteiger charge is 2.17. The Morgan fingerprint density at radius 1 is 1.04 bits per heavy atom. The van der Waals surface area contributed by atoms with Crippen molar-refractivity contribution >= 4 is 38.7 Å². The van der Waals surface area contributed by atoms with E-state index in [1.165, 1.54) is 12.1 Å². The van der Waals surface area contributed by atoms with Gasteiger partial charge in [-0.15, -0.1) is 0 Å². The SMILES string of the molecule is CCNC(=O)NC(=O)COC(=O)CNS(=O)(=O)c1ccc2ccccc2c1. The van der Waals surface area contributed by atoms with Gasteiger partial charge in [0.05, 0.1) is 4.90 Å². The van der Waals surface area contributed by atoms with Gasteiger partial charge < -0.3 is 10.1 Å². The molecule has 0 heterocycles. The first-order chi connectivity index (χ1) is 12.8. The average molecular weight is 393 g/mol. The highest BCUT2D eigenvalue weighted by Crippen LogP contribution is 2.18. The molecule has 0 bridgehead atoms. The summed E-state index contributed by atoms with van der Waals surface area (Å²) >= 11 is 0. The van der Waals surface area contributed by atoms with Crippen LogP contribution in [0.1, 0.15) is 6.92 Å². The van der Waals surface area contributed by atoms with E-state index in [1.807, 2.05) is 17.4 Å². The predicted molar refractivity (Wildman–Crippen MR) is 97.3 cm³/mol. The number of urea groups is 1. The van der Waals surface area contributed by atoms with Gasteiger partial charge in [0.1, 0.15) is 6.54 Å². The lowest BCUT2D eigenvalue weighted by atomic mass is 10.1. The fourth-order valence-corrected chi connectivity index (χ4v) is 3.14. The maximum absolute atomic E-state index is 12.3. The van der Waals surface area contributed by atoms with Crippen LogP contribution in [0.15, 0.2) is 47.4 Å². The van der Waals surface area contributed by atoms with Crippen LogP contribution in [0.4, 0.5) is 4.79 Å². The lowest BCUT2D eigenvalue weighted by molar-refractivity contribution is -0.147. The van der Waals surface area contributed by atoms with Crippen molar-refractivity contribution < 1.29 is 27.5 Å². The second-order valence-electron chi connectivity index (χ2n) is 5.40. The number of fused-ring (bicyclic) bond motifs is 1. The maximum atomic E-state index is 12.3. The first kappa shape index (κ1) is 20.3. The number of hydrogen-bond donors (Lipinski definition) is 3. The van der Waals surface area contributed by atoms with Gasteiger partial charge in [-0.2, -0.15) is 4.72 Å². The van der Waals surface area contributed by atoms with Crippen LogP contribution in [-0.4, -0.2) is 46.0 Å². The van der Waals surface area contributed by atoms with E-state index >= 15 is 0 Å². The van der Waals surface area contributed by atoms with Gasteiger partial charge >= 0.3 is 12.0 Å². The van der Waals surface area contributed by atoms with E-state index in [2.05, 4.69) is 14.8 Å². The number of rotatable bonds is 7. The highest BCUT2D eigenvalue weighted by molar-refractivity contribution is 7.89. The quantitative estimate of drug-likeness (QED) is 0.588. The summed E-state index contributed by atoms with van der Waals surface area (Å²) in [5, 5.41) is 5.91. The van der Waals surface area contributed by atoms with Crippen LogP contribution < -0.4 is 15.4 Å². The minimum absolute atomic E-state index is 0.00276. The third-order valence-electron chi connectivity index (χ3n) is 3.39. The summed E-state index contributed by atoms with van der Waals surface area (Å²) in [7, 11) is -3.93. The van der Waals surface area contributed by atoms with Gasteiger partial charge in [0, 0.05) is 6.54 Å². The third kappa shape index (κ3) is 6.04. The fraction of sp³-hybridized carbons (Fsp3) is 0.235. The van der Waals surface area contributed by atoms with Crippen LogP contribution >= 0.6 is 0 Å². The molecule has 0 aliphatic carbocycles. The molecule has 0 unspecified atom stereocenters. The molecule has 0 atom stereocenters. The number of imide groups is 1. The van der Waals surface area contributed by atoms with Crippen molar-refractivity contribution in [2.45, 2.75) is 11.8 Å². The molecule has 3 amide bonds. The molecule has 2 rings (SSSR count). The Bertz CT molecular complexity index is 958. The number of benzene rings is 2. The molecule has 0 aliphatic rings. The summed E-state index contributed by atoms with van der Waals surface area (Å²) in [5.41, 5.74) is 0. The van der Waals surface area contributed by atoms with Crippen LogP contribution in [0.3, 0.4) is 0 Å². The van der Waals surface area contributed by atoms with Crippen molar-refractivity contribution in [3.05, 3.63) is 42.5 Å². The first-order valence-corrected chi connectivity index (χ1v) is 9.52. The van der Waals surface area contributed by atoms with Crippen molar-refractivity contribution in [2.24, 2.45) is 0 Å². The summed E-state index contributed by atoms with van der Waals surface area (Å²) in [4.78, 5) is 34.1. The van der Waals surface area contributed by atoms with Crippen LogP contribution in [0, 0.1) is 0 Å². The van der Waals surface area contributed by atoms with Crippen LogP contribution in [0.25, 0.3) is 10.8 Å². The second kappa shape index (κ2) is 9.10. The zero-order chi connectivity index (χ0) is 19.9. The van der Waals surface area contributed by atoms with Gasteiger partial charge in [0.15, 0.2) is 6.61 Å². The topological polar surface area (TPSA) is 131 Å². The molecule has 0 spiro atoms. The molecule has 0 saturated carbocycles. The molecule has 27 heavy (non-hydrogen) atoms. The van der Waals surface area contributed by atoms with Gasteiger partial charge in [-0.05, 0) is 29.8 Å². The number of esters is 1. The number of carbonyl (C=O) groups is 3. The van der Waals surface area contributed by atoms with E-state index in [0.29, 0.717) is 6.54 Å². The number of sulfonamides is 1. The Kier molecular flexibility index (Phi) is 6.85. The lowest BCUT2D eigenvalue weighted by Gasteiger charge is -2.08. The summed E-state index contributed by atoms with van der Waals surface area (Å²) < 4.78 is 31.3. The number of hydrogen-bond acceptors (Lipinski definition) is 6. The van der Waals surface area contributed by atoms with Crippen LogP contribution in [-0.2, 0) is 24.3 Å². The van der Waals surface area contributed by atoms with Crippen molar-refractivity contribution in [3.8, 4) is 0 Å². The average Bonchev–Trinajstić information content (AvgIpc) is 2.64. The monoisotopic (exact) mass is 393 g/mol. The standard InChI is InChI=1S/C17H19N3O6S/c1-2-18-17(23)20-15(21)11-26-16(22)10-19-27(24,25)14-8-7-12-5-3-4-6-13(12)9-14/h3-9,19H,2,10-11H2,1H3,(H2,18,20,21,23). The lowest BCUT2D eigenvalue weighted by Crippen LogP contribution is -2.41. The van der Waals surface area contributed by atoms with Crippen molar-refractivity contribution in [1.29, 1.82) is 0 Å². The Balaban J connectivity index is 1.87. The van der Waals surface area contributed by atoms with Gasteiger partial charge in [-0.3, -0.25) is 14.9 Å². The Labute approximate surface area is 156 Å². The van der Waals surface area contributed by atoms with Gasteiger partial charge in [0.2, 0.25) is 10.0 Å². The summed E-state index contributed by atoms with van der Waals surface area (Å²) in [6.45, 7) is 0.651. The molecule has 0 aromatic heterocycles. The predicted octanol–water partition coefficient (Wildman–Crippen LogP) is 0.507. The summed E-state index contributed by atoms with van der Waals surface area (Å²) in [6.07, 6.45) is 0. The van der Waals surface area contributed by atoms with Crippen LogP contribution in [0.5, 0.6) is 0 Å². The number of amides is 3. The van der Waals surface area contributed by atoms with Gasteiger partial charge in [-0.1, -0.05) is 30.3 Å². The smallest absolute Gasteiger partial charge is 0.321 e. The van der Waals surface area contributed by atoms with E-state index in [4.69, 9.17) is 0 Å². The molecule has 3 N–H and O–H groups in total. The number of carbonyl (C=O) groups excluding carboxylic acids is 3. The van der Waals surface area contributed by atoms with Crippen LogP contribution in [0.2, 0.25) is 0 Å². The molecule has 144 valence electrons. The maximum Gasteiger partial charge on any atom is 0.321 e. The van der Waals surface area contributed by atoms with Crippen molar-refractivity contribution in [3.63, 3.8) is 0 Å². The number of nitrogens with one attached hydrogen (secondary N) is 3. The Morgan fingerprint density at radius 3 is 2.44 bits per heavy atom. The summed E-state index contributed by atoms with van der Waals surface area (Å²) in [5.74, 6) is -1.78. The molecule has 2 aromatic carbocycles. The van der Waals surface area contributed by atoms with Crippen molar-refractivity contribution in [1.82, 2.24) is 15.4 Å². The first-order valence-electron chi connectivity index (χ1n) is 8.03. The van der Waals surface area contributed by atoms with Gasteiger partial charge in [0.25, 0.3) is 5.91 Å². The minimum atomic E-state index is -3.93. The second-order valence-corrected chi connectivity index (χ2v) is 7.17. The number of ether oxygens (including phenoxy) is 1. The molecule has 0 radical (unpaired) electrons. The Morgan fingerprint density at radius 2 is 1.74 bits per heavy atom. The highest BCUT2D eigenvalue weighted by atomic mass is 32.2. The molecular weight excluding hydrogens is 374 g/mol. The van der Waals surface area contributed by atoms with Crippen molar-refractivity contribution in [2.75, 3.05) is 19.7 Å². The molecule has 0 aliphatic heterocycles. The molecular formula is C17H19N3O6S. The molecule has 9 nitrogen and oxygen atoms in total. The fourth-order valence-electron chi connectivity index (χ4n) is 2.14.